The molecule has 1 aliphatic heterocycles. The Bertz CT molecular complexity index is 1270. The Morgan fingerprint density at radius 1 is 1.00 bits per heavy atom. The number of hydrogen-bond acceptors (Lipinski definition) is 2. The SMILES string of the molecule is CCC(C)c1ccc(Cn2c(C3CC(=O)N(c4ccc(C)cc4)C3)nc3ccccc32)cc1. The fourth-order valence-corrected chi connectivity index (χ4v) is 4.80. The number of imidazole rings is 1. The zero-order valence-electron chi connectivity index (χ0n) is 19.7. The first-order chi connectivity index (χ1) is 16.0. The Morgan fingerprint density at radius 3 is 2.45 bits per heavy atom. The number of carbonyl (C=O) groups excluding carboxylic acids is 1. The quantitative estimate of drug-likeness (QED) is 0.349. The molecule has 0 saturated carbocycles. The van der Waals surface area contributed by atoms with Gasteiger partial charge < -0.3 is 9.47 Å². The summed E-state index contributed by atoms with van der Waals surface area (Å²) in [5.41, 5.74) is 6.92. The normalized spacial score (nSPS) is 17.1. The molecule has 0 N–H and O–H groups in total. The van der Waals surface area contributed by atoms with E-state index in [2.05, 4.69) is 79.9 Å². The van der Waals surface area contributed by atoms with Crippen LogP contribution >= 0.6 is 0 Å². The molecule has 4 nitrogen and oxygen atoms in total. The number of carbonyl (C=O) groups is 1. The molecule has 5 rings (SSSR count). The summed E-state index contributed by atoms with van der Waals surface area (Å²) >= 11 is 0. The van der Waals surface area contributed by atoms with E-state index in [1.165, 1.54) is 16.7 Å². The lowest BCUT2D eigenvalue weighted by molar-refractivity contribution is -0.117. The Hall–Kier alpha value is -3.40. The minimum Gasteiger partial charge on any atom is -0.323 e. The number of anilines is 1. The molecule has 0 bridgehead atoms. The summed E-state index contributed by atoms with van der Waals surface area (Å²) in [6.07, 6.45) is 1.63. The standard InChI is InChI=1S/C29H31N3O/c1-4-21(3)23-13-11-22(12-14-23)18-32-27-8-6-5-7-26(27)30-29(32)24-17-28(33)31(19-24)25-15-9-20(2)10-16-25/h5-16,21,24H,4,17-19H2,1-3H3. The van der Waals surface area contributed by atoms with E-state index < -0.39 is 0 Å². The van der Waals surface area contributed by atoms with Crippen molar-refractivity contribution in [3.63, 3.8) is 0 Å². The molecule has 1 aliphatic rings. The van der Waals surface area contributed by atoms with Crippen LogP contribution in [-0.4, -0.2) is 22.0 Å². The molecule has 2 atom stereocenters. The highest BCUT2D eigenvalue weighted by Gasteiger charge is 2.34. The van der Waals surface area contributed by atoms with Crippen molar-refractivity contribution >= 4 is 22.6 Å². The largest absolute Gasteiger partial charge is 0.323 e. The van der Waals surface area contributed by atoms with Gasteiger partial charge in [0, 0.05) is 31.1 Å². The van der Waals surface area contributed by atoms with Crippen molar-refractivity contribution in [2.45, 2.75) is 52.0 Å². The minimum atomic E-state index is 0.0746. The second-order valence-corrected chi connectivity index (χ2v) is 9.34. The van der Waals surface area contributed by atoms with Crippen molar-refractivity contribution in [2.24, 2.45) is 0 Å². The minimum absolute atomic E-state index is 0.0746. The van der Waals surface area contributed by atoms with Crippen LogP contribution in [0, 0.1) is 6.92 Å². The van der Waals surface area contributed by atoms with Crippen LogP contribution in [0.5, 0.6) is 0 Å². The van der Waals surface area contributed by atoms with Crippen LogP contribution in [0.1, 0.15) is 61.0 Å². The number of benzene rings is 3. The lowest BCUT2D eigenvalue weighted by Crippen LogP contribution is -2.24. The van der Waals surface area contributed by atoms with E-state index in [0.29, 0.717) is 18.9 Å². The smallest absolute Gasteiger partial charge is 0.227 e. The first-order valence-corrected chi connectivity index (χ1v) is 11.9. The number of hydrogen-bond donors (Lipinski definition) is 0. The second-order valence-electron chi connectivity index (χ2n) is 9.34. The van der Waals surface area contributed by atoms with Crippen LogP contribution < -0.4 is 4.90 Å². The van der Waals surface area contributed by atoms with Crippen molar-refractivity contribution in [3.8, 4) is 0 Å². The van der Waals surface area contributed by atoms with Gasteiger partial charge in [-0.05, 0) is 54.7 Å². The van der Waals surface area contributed by atoms with Gasteiger partial charge in [-0.1, -0.05) is 67.9 Å². The Labute approximate surface area is 195 Å². The predicted molar refractivity (Wildman–Crippen MR) is 135 cm³/mol. The van der Waals surface area contributed by atoms with Gasteiger partial charge in [-0.2, -0.15) is 0 Å². The topological polar surface area (TPSA) is 38.1 Å². The number of rotatable bonds is 6. The molecule has 0 radical (unpaired) electrons. The van der Waals surface area contributed by atoms with E-state index in [-0.39, 0.29) is 11.8 Å². The molecule has 1 saturated heterocycles. The number of aromatic nitrogens is 2. The Morgan fingerprint density at radius 2 is 1.73 bits per heavy atom. The predicted octanol–water partition coefficient (Wildman–Crippen LogP) is 6.43. The molecule has 3 aromatic carbocycles. The first kappa shape index (κ1) is 21.4. The van der Waals surface area contributed by atoms with E-state index in [0.717, 1.165) is 35.5 Å². The van der Waals surface area contributed by atoms with Gasteiger partial charge in [0.1, 0.15) is 5.82 Å². The average Bonchev–Trinajstić information content (AvgIpc) is 3.40. The Kier molecular flexibility index (Phi) is 5.76. The summed E-state index contributed by atoms with van der Waals surface area (Å²) in [5, 5.41) is 0. The van der Waals surface area contributed by atoms with Crippen LogP contribution in [-0.2, 0) is 11.3 Å². The maximum Gasteiger partial charge on any atom is 0.227 e. The molecule has 1 aromatic heterocycles. The van der Waals surface area contributed by atoms with Gasteiger partial charge in [0.25, 0.3) is 0 Å². The van der Waals surface area contributed by atoms with Crippen molar-refractivity contribution in [2.75, 3.05) is 11.4 Å². The van der Waals surface area contributed by atoms with Gasteiger partial charge in [-0.15, -0.1) is 0 Å². The summed E-state index contributed by atoms with van der Waals surface area (Å²) in [7, 11) is 0. The van der Waals surface area contributed by atoms with Gasteiger partial charge in [0.05, 0.1) is 11.0 Å². The lowest BCUT2D eigenvalue weighted by Gasteiger charge is -2.18. The maximum atomic E-state index is 12.9. The number of nitrogens with zero attached hydrogens (tertiary/aromatic N) is 3. The average molecular weight is 438 g/mol. The van der Waals surface area contributed by atoms with Crippen LogP contribution in [0.3, 0.4) is 0 Å². The maximum absolute atomic E-state index is 12.9. The van der Waals surface area contributed by atoms with Crippen molar-refractivity contribution in [3.05, 3.63) is 95.3 Å². The van der Waals surface area contributed by atoms with E-state index in [9.17, 15) is 4.79 Å². The zero-order valence-corrected chi connectivity index (χ0v) is 19.7. The van der Waals surface area contributed by atoms with E-state index in [1.54, 1.807) is 0 Å². The van der Waals surface area contributed by atoms with Gasteiger partial charge in [-0.3, -0.25) is 4.79 Å². The molecule has 33 heavy (non-hydrogen) atoms. The summed E-state index contributed by atoms with van der Waals surface area (Å²) in [5.74, 6) is 1.82. The lowest BCUT2D eigenvalue weighted by atomic mass is 9.97. The fraction of sp³-hybridized carbons (Fsp3) is 0.310. The van der Waals surface area contributed by atoms with E-state index in [1.807, 2.05) is 23.1 Å². The number of fused-ring (bicyclic) bond motifs is 1. The highest BCUT2D eigenvalue weighted by atomic mass is 16.2. The summed E-state index contributed by atoms with van der Waals surface area (Å²) in [4.78, 5) is 19.9. The van der Waals surface area contributed by atoms with Crippen LogP contribution in [0.25, 0.3) is 11.0 Å². The highest BCUT2D eigenvalue weighted by Crippen LogP contribution is 2.34. The van der Waals surface area contributed by atoms with Gasteiger partial charge in [-0.25, -0.2) is 4.98 Å². The van der Waals surface area contributed by atoms with Gasteiger partial charge >= 0.3 is 0 Å². The third-order valence-corrected chi connectivity index (χ3v) is 7.02. The molecular weight excluding hydrogens is 406 g/mol. The Balaban J connectivity index is 1.47. The molecule has 4 heteroatoms. The van der Waals surface area contributed by atoms with Crippen molar-refractivity contribution in [1.29, 1.82) is 0 Å². The molecule has 1 fully saturated rings. The third kappa shape index (κ3) is 4.18. The van der Waals surface area contributed by atoms with Crippen LogP contribution in [0.4, 0.5) is 5.69 Å². The number of amides is 1. The van der Waals surface area contributed by atoms with Crippen LogP contribution in [0.2, 0.25) is 0 Å². The number of para-hydroxylation sites is 2. The molecule has 4 aromatic rings. The molecule has 0 spiro atoms. The first-order valence-electron chi connectivity index (χ1n) is 11.9. The molecule has 2 heterocycles. The molecule has 1 amide bonds. The van der Waals surface area contributed by atoms with Gasteiger partial charge in [0.15, 0.2) is 0 Å². The summed E-state index contributed by atoms with van der Waals surface area (Å²) in [6.45, 7) is 7.98. The molecule has 0 aliphatic carbocycles. The second kappa shape index (κ2) is 8.86. The summed E-state index contributed by atoms with van der Waals surface area (Å²) in [6, 6.07) is 25.5. The highest BCUT2D eigenvalue weighted by molar-refractivity contribution is 5.96. The molecule has 2 unspecified atom stereocenters. The van der Waals surface area contributed by atoms with E-state index in [4.69, 9.17) is 4.98 Å². The van der Waals surface area contributed by atoms with Gasteiger partial charge in [0.2, 0.25) is 5.91 Å². The molecular formula is C29H31N3O. The molecule has 168 valence electrons. The fourth-order valence-electron chi connectivity index (χ4n) is 4.80. The monoisotopic (exact) mass is 437 g/mol. The third-order valence-electron chi connectivity index (χ3n) is 7.02. The zero-order chi connectivity index (χ0) is 22.9. The summed E-state index contributed by atoms with van der Waals surface area (Å²) < 4.78 is 2.31. The van der Waals surface area contributed by atoms with Crippen molar-refractivity contribution < 1.29 is 4.79 Å². The van der Waals surface area contributed by atoms with E-state index >= 15 is 0 Å². The van der Waals surface area contributed by atoms with Crippen molar-refractivity contribution in [1.82, 2.24) is 9.55 Å². The van der Waals surface area contributed by atoms with Crippen LogP contribution in [0.15, 0.2) is 72.8 Å². The number of aryl methyl sites for hydroxylation is 1.